The minimum atomic E-state index is -0.440. The van der Waals surface area contributed by atoms with Crippen LogP contribution in [0, 0.1) is 0 Å². The summed E-state index contributed by atoms with van der Waals surface area (Å²) in [5.41, 5.74) is 0. The van der Waals surface area contributed by atoms with Crippen molar-refractivity contribution in [3.63, 3.8) is 0 Å². The van der Waals surface area contributed by atoms with Crippen molar-refractivity contribution in [1.29, 1.82) is 0 Å². The van der Waals surface area contributed by atoms with Crippen molar-refractivity contribution in [1.82, 2.24) is 0 Å². The third-order valence-corrected chi connectivity index (χ3v) is 0.699. The predicted octanol–water partition coefficient (Wildman–Crippen LogP) is 0.148. The molecule has 0 atom stereocenters. The first kappa shape index (κ1) is 12.4. The summed E-state index contributed by atoms with van der Waals surface area (Å²) in [5.74, 6) is -0.599. The first-order valence-electron chi connectivity index (χ1n) is 2.82. The molecule has 0 aliphatic rings. The maximum atomic E-state index is 10.4. The molecule has 0 aromatic heterocycles. The summed E-state index contributed by atoms with van der Waals surface area (Å²) in [6.07, 6.45) is -0.103. The van der Waals surface area contributed by atoms with E-state index in [1.807, 2.05) is 0 Å². The average molecular weight is 157 g/mol. The largest absolute Gasteiger partial charge is 3.00 e. The van der Waals surface area contributed by atoms with Crippen molar-refractivity contribution in [2.24, 2.45) is 0 Å². The van der Waals surface area contributed by atoms with Crippen LogP contribution in [0.25, 0.3) is 0 Å². The van der Waals surface area contributed by atoms with Gasteiger partial charge in [-0.25, -0.2) is 0 Å². The molecule has 52 valence electrons. The summed E-state index contributed by atoms with van der Waals surface area (Å²) in [6.45, 7) is 3.40. The number of Topliss-reactive ketones (excluding diaryl/α,β-unsaturated/α-hetero) is 1. The van der Waals surface area contributed by atoms with E-state index in [1.165, 1.54) is 6.92 Å². The molecule has 0 saturated heterocycles. The van der Waals surface area contributed by atoms with Crippen molar-refractivity contribution in [3.8, 4) is 0 Å². The Kier molecular flexibility index (Phi) is 8.39. The Bertz CT molecular complexity index is 122. The molecule has 3 nitrogen and oxygen atoms in total. The van der Waals surface area contributed by atoms with E-state index < -0.39 is 5.97 Å². The summed E-state index contributed by atoms with van der Waals surface area (Å²) >= 11 is 0. The standard InChI is InChI=1S/C6H10O3.Al/c1-3-9-6(8)4-5(2)7;/h3-4H2,1-2H3;/q;+3. The van der Waals surface area contributed by atoms with E-state index in [-0.39, 0.29) is 29.6 Å². The molecule has 0 aliphatic carbocycles. The number of carbonyl (C=O) groups excluding carboxylic acids is 2. The van der Waals surface area contributed by atoms with Crippen LogP contribution in [0.15, 0.2) is 0 Å². The zero-order chi connectivity index (χ0) is 7.28. The molecule has 0 fully saturated rings. The van der Waals surface area contributed by atoms with E-state index >= 15 is 0 Å². The summed E-state index contributed by atoms with van der Waals surface area (Å²) in [5, 5.41) is 0. The van der Waals surface area contributed by atoms with Gasteiger partial charge in [-0.2, -0.15) is 0 Å². The van der Waals surface area contributed by atoms with Gasteiger partial charge >= 0.3 is 23.3 Å². The van der Waals surface area contributed by atoms with Gasteiger partial charge in [0.1, 0.15) is 12.2 Å². The Labute approximate surface area is 70.9 Å². The molecule has 0 radical (unpaired) electrons. The van der Waals surface area contributed by atoms with Gasteiger partial charge in [-0.3, -0.25) is 9.59 Å². The number of carbonyl (C=O) groups is 2. The first-order valence-corrected chi connectivity index (χ1v) is 2.82. The molecule has 0 spiro atoms. The van der Waals surface area contributed by atoms with E-state index in [4.69, 9.17) is 0 Å². The second kappa shape index (κ2) is 6.79. The summed E-state index contributed by atoms with van der Waals surface area (Å²) in [6, 6.07) is 0. The molecule has 0 saturated carbocycles. The third kappa shape index (κ3) is 7.67. The number of ether oxygens (including phenoxy) is 1. The minimum absolute atomic E-state index is 0. The number of ketones is 1. The Morgan fingerprint density at radius 3 is 2.20 bits per heavy atom. The Morgan fingerprint density at radius 1 is 1.40 bits per heavy atom. The van der Waals surface area contributed by atoms with Crippen molar-refractivity contribution in [3.05, 3.63) is 0 Å². The minimum Gasteiger partial charge on any atom is -0.466 e. The van der Waals surface area contributed by atoms with E-state index in [0.29, 0.717) is 6.61 Å². The van der Waals surface area contributed by atoms with Crippen LogP contribution in [0.2, 0.25) is 0 Å². The van der Waals surface area contributed by atoms with Gasteiger partial charge in [-0.05, 0) is 13.8 Å². The zero-order valence-corrected chi connectivity index (χ0v) is 7.37. The fraction of sp³-hybridized carbons (Fsp3) is 0.667. The molecule has 0 rings (SSSR count). The van der Waals surface area contributed by atoms with Crippen molar-refractivity contribution in [2.75, 3.05) is 6.61 Å². The van der Waals surface area contributed by atoms with Crippen molar-refractivity contribution in [2.45, 2.75) is 20.3 Å². The first-order chi connectivity index (χ1) is 4.16. The van der Waals surface area contributed by atoms with Gasteiger partial charge in [-0.1, -0.05) is 0 Å². The zero-order valence-electron chi connectivity index (χ0n) is 6.22. The van der Waals surface area contributed by atoms with E-state index in [1.54, 1.807) is 6.92 Å². The Morgan fingerprint density at radius 2 is 1.90 bits per heavy atom. The van der Waals surface area contributed by atoms with Gasteiger partial charge in [0, 0.05) is 0 Å². The maximum Gasteiger partial charge on any atom is 3.00 e. The molecule has 10 heavy (non-hydrogen) atoms. The second-order valence-electron chi connectivity index (χ2n) is 1.68. The topological polar surface area (TPSA) is 43.4 Å². The Hall–Kier alpha value is -0.328. The number of hydrogen-bond acceptors (Lipinski definition) is 3. The van der Waals surface area contributed by atoms with Crippen molar-refractivity contribution >= 4 is 29.1 Å². The van der Waals surface area contributed by atoms with E-state index in [2.05, 4.69) is 4.74 Å². The molecule has 0 bridgehead atoms. The van der Waals surface area contributed by atoms with Gasteiger partial charge in [0.15, 0.2) is 0 Å². The maximum absolute atomic E-state index is 10.4. The van der Waals surface area contributed by atoms with Crippen LogP contribution in [-0.2, 0) is 14.3 Å². The van der Waals surface area contributed by atoms with Gasteiger partial charge in [0.2, 0.25) is 0 Å². The summed E-state index contributed by atoms with van der Waals surface area (Å²) in [4.78, 5) is 20.6. The normalized spacial score (nSPS) is 7.80. The molecule has 0 aromatic rings. The van der Waals surface area contributed by atoms with E-state index in [0.717, 1.165) is 0 Å². The van der Waals surface area contributed by atoms with Crippen LogP contribution in [-0.4, -0.2) is 35.7 Å². The fourth-order valence-corrected chi connectivity index (χ4v) is 0.415. The molecule has 0 aromatic carbocycles. The number of rotatable bonds is 3. The van der Waals surface area contributed by atoms with E-state index in [9.17, 15) is 9.59 Å². The van der Waals surface area contributed by atoms with Gasteiger partial charge < -0.3 is 4.74 Å². The molecule has 0 amide bonds. The molecular weight excluding hydrogens is 147 g/mol. The van der Waals surface area contributed by atoms with Crippen LogP contribution >= 0.6 is 0 Å². The molecule has 0 unspecified atom stereocenters. The summed E-state index contributed by atoms with van der Waals surface area (Å²) < 4.78 is 4.49. The van der Waals surface area contributed by atoms with Gasteiger partial charge in [0.25, 0.3) is 0 Å². The SMILES string of the molecule is CCOC(=O)CC(C)=O.[Al+3]. The van der Waals surface area contributed by atoms with Gasteiger partial charge in [-0.15, -0.1) is 0 Å². The van der Waals surface area contributed by atoms with Crippen LogP contribution in [0.1, 0.15) is 20.3 Å². The Balaban J connectivity index is 0. The average Bonchev–Trinajstić information content (AvgIpc) is 1.63. The third-order valence-electron chi connectivity index (χ3n) is 0.699. The molecule has 4 heteroatoms. The van der Waals surface area contributed by atoms with Crippen LogP contribution in [0.3, 0.4) is 0 Å². The van der Waals surface area contributed by atoms with Crippen LogP contribution < -0.4 is 0 Å². The number of hydrogen-bond donors (Lipinski definition) is 0. The second-order valence-corrected chi connectivity index (χ2v) is 1.68. The van der Waals surface area contributed by atoms with Crippen molar-refractivity contribution < 1.29 is 14.3 Å². The molecule has 0 aliphatic heterocycles. The summed E-state index contributed by atoms with van der Waals surface area (Å²) in [7, 11) is 0. The van der Waals surface area contributed by atoms with Gasteiger partial charge in [0.05, 0.1) is 6.61 Å². The quantitative estimate of drug-likeness (QED) is 0.332. The van der Waals surface area contributed by atoms with Crippen LogP contribution in [0.4, 0.5) is 0 Å². The van der Waals surface area contributed by atoms with Crippen LogP contribution in [0.5, 0.6) is 0 Å². The molecule has 0 heterocycles. The smallest absolute Gasteiger partial charge is 0.466 e. The molecular formula is C6H10AlO3+3. The predicted molar refractivity (Wildman–Crippen MR) is 37.7 cm³/mol. The monoisotopic (exact) mass is 157 g/mol. The fourth-order valence-electron chi connectivity index (χ4n) is 0.415. The number of esters is 1. The molecule has 0 N–H and O–H groups in total.